The molecular weight excluding hydrogens is 270 g/mol. The van der Waals surface area contributed by atoms with Gasteiger partial charge in [0, 0.05) is 24.2 Å². The molecule has 0 spiro atoms. The van der Waals surface area contributed by atoms with Gasteiger partial charge in [0.15, 0.2) is 0 Å². The van der Waals surface area contributed by atoms with E-state index < -0.39 is 0 Å². The summed E-state index contributed by atoms with van der Waals surface area (Å²) >= 11 is 1.73. The molecule has 20 heavy (non-hydrogen) atoms. The van der Waals surface area contributed by atoms with Gasteiger partial charge in [-0.3, -0.25) is 5.41 Å². The molecular formula is C15H23N3OS. The number of benzene rings is 1. The lowest BCUT2D eigenvalue weighted by Crippen LogP contribution is -2.38. The molecule has 3 N–H and O–H groups in total. The highest BCUT2D eigenvalue weighted by Gasteiger charge is 2.29. The predicted molar refractivity (Wildman–Crippen MR) is 86.1 cm³/mol. The van der Waals surface area contributed by atoms with Crippen molar-refractivity contribution < 1.29 is 4.74 Å². The first-order chi connectivity index (χ1) is 9.56. The van der Waals surface area contributed by atoms with Crippen molar-refractivity contribution in [3.05, 3.63) is 23.8 Å². The van der Waals surface area contributed by atoms with E-state index in [1.54, 1.807) is 11.8 Å². The van der Waals surface area contributed by atoms with Crippen LogP contribution >= 0.6 is 11.8 Å². The lowest BCUT2D eigenvalue weighted by Gasteiger charge is -2.31. The van der Waals surface area contributed by atoms with Crippen LogP contribution in [0.2, 0.25) is 0 Å². The van der Waals surface area contributed by atoms with Crippen LogP contribution in [0, 0.1) is 5.41 Å². The zero-order chi connectivity index (χ0) is 14.7. The molecule has 1 aliphatic rings. The van der Waals surface area contributed by atoms with Gasteiger partial charge in [-0.2, -0.15) is 0 Å². The third kappa shape index (κ3) is 2.94. The van der Waals surface area contributed by atoms with Crippen molar-refractivity contribution in [3.8, 4) is 0 Å². The molecule has 0 amide bonds. The summed E-state index contributed by atoms with van der Waals surface area (Å²) in [5.41, 5.74) is 7.70. The van der Waals surface area contributed by atoms with E-state index >= 15 is 0 Å². The van der Waals surface area contributed by atoms with Gasteiger partial charge in [-0.15, -0.1) is 11.8 Å². The van der Waals surface area contributed by atoms with E-state index in [9.17, 15) is 0 Å². The van der Waals surface area contributed by atoms with Gasteiger partial charge in [0.05, 0.1) is 17.7 Å². The van der Waals surface area contributed by atoms with Gasteiger partial charge >= 0.3 is 0 Å². The second kappa shape index (κ2) is 6.50. The molecule has 1 saturated heterocycles. The van der Waals surface area contributed by atoms with Gasteiger partial charge in [-0.05, 0) is 31.2 Å². The largest absolute Gasteiger partial charge is 0.384 e. The number of amidine groups is 1. The van der Waals surface area contributed by atoms with Gasteiger partial charge in [-0.1, -0.05) is 13.0 Å². The minimum absolute atomic E-state index is 0.134. The summed E-state index contributed by atoms with van der Waals surface area (Å²) in [4.78, 5) is 3.30. The Morgan fingerprint density at radius 3 is 2.85 bits per heavy atom. The fourth-order valence-electron chi connectivity index (χ4n) is 2.77. The van der Waals surface area contributed by atoms with Crippen LogP contribution < -0.4 is 10.6 Å². The standard InChI is InChI=1S/C15H23N3OS/c1-4-20-13-7-5-6-12(14(13)15(16)17)18(3)11-8-9-19-10(11)2/h5-7,10-11H,4,8-9H2,1-3H3,(H3,16,17). The molecule has 0 bridgehead atoms. The van der Waals surface area contributed by atoms with Crippen molar-refractivity contribution >= 4 is 23.3 Å². The number of anilines is 1. The maximum Gasteiger partial charge on any atom is 0.126 e. The SMILES string of the molecule is CCSc1cccc(N(C)C2CCOC2C)c1C(=N)N. The van der Waals surface area contributed by atoms with Crippen molar-refractivity contribution in [3.63, 3.8) is 0 Å². The summed E-state index contributed by atoms with van der Waals surface area (Å²) in [7, 11) is 2.07. The highest BCUT2D eigenvalue weighted by Crippen LogP contribution is 2.33. The van der Waals surface area contributed by atoms with E-state index in [1.807, 2.05) is 18.2 Å². The first-order valence-electron chi connectivity index (χ1n) is 7.00. The zero-order valence-electron chi connectivity index (χ0n) is 12.3. The van der Waals surface area contributed by atoms with E-state index in [0.717, 1.165) is 34.9 Å². The Labute approximate surface area is 125 Å². The van der Waals surface area contributed by atoms with Crippen molar-refractivity contribution in [2.75, 3.05) is 24.3 Å². The molecule has 1 fully saturated rings. The highest BCUT2D eigenvalue weighted by atomic mass is 32.2. The van der Waals surface area contributed by atoms with Crippen molar-refractivity contribution in [2.24, 2.45) is 5.73 Å². The fourth-order valence-corrected chi connectivity index (χ4v) is 3.61. The molecule has 2 rings (SSSR count). The summed E-state index contributed by atoms with van der Waals surface area (Å²) in [6.07, 6.45) is 1.22. The average Bonchev–Trinajstić information content (AvgIpc) is 2.84. The number of nitrogens with two attached hydrogens (primary N) is 1. The molecule has 0 aliphatic carbocycles. The van der Waals surface area contributed by atoms with Crippen LogP contribution in [0.15, 0.2) is 23.1 Å². The molecule has 110 valence electrons. The summed E-state index contributed by atoms with van der Waals surface area (Å²) in [6, 6.07) is 6.46. The Bertz CT molecular complexity index is 492. The molecule has 0 saturated carbocycles. The Balaban J connectivity index is 2.39. The number of likely N-dealkylation sites (N-methyl/N-ethyl adjacent to an activating group) is 1. The predicted octanol–water partition coefficient (Wildman–Crippen LogP) is 2.70. The van der Waals surface area contributed by atoms with Gasteiger partial charge in [0.25, 0.3) is 0 Å². The lowest BCUT2D eigenvalue weighted by atomic mass is 10.1. The molecule has 2 unspecified atom stereocenters. The van der Waals surface area contributed by atoms with Gasteiger partial charge in [0.2, 0.25) is 0 Å². The summed E-state index contributed by atoms with van der Waals surface area (Å²) in [5.74, 6) is 1.10. The average molecular weight is 293 g/mol. The molecule has 1 aliphatic heterocycles. The second-order valence-electron chi connectivity index (χ2n) is 5.04. The molecule has 2 atom stereocenters. The smallest absolute Gasteiger partial charge is 0.126 e. The van der Waals surface area contributed by atoms with Gasteiger partial charge in [0.1, 0.15) is 5.84 Å². The van der Waals surface area contributed by atoms with Crippen LogP contribution in [0.25, 0.3) is 0 Å². The number of hydrogen-bond acceptors (Lipinski definition) is 4. The Kier molecular flexibility index (Phi) is 4.94. The van der Waals surface area contributed by atoms with Crippen LogP contribution in [0.5, 0.6) is 0 Å². The third-order valence-corrected chi connectivity index (χ3v) is 4.73. The third-order valence-electron chi connectivity index (χ3n) is 3.79. The highest BCUT2D eigenvalue weighted by molar-refractivity contribution is 7.99. The molecule has 1 aromatic carbocycles. The zero-order valence-corrected chi connectivity index (χ0v) is 13.2. The van der Waals surface area contributed by atoms with Crippen LogP contribution in [-0.4, -0.2) is 37.4 Å². The number of nitrogens with one attached hydrogen (secondary N) is 1. The van der Waals surface area contributed by atoms with E-state index in [0.29, 0.717) is 6.04 Å². The molecule has 0 aromatic heterocycles. The first-order valence-corrected chi connectivity index (χ1v) is 7.99. The summed E-state index contributed by atoms with van der Waals surface area (Å²) in [5, 5.41) is 7.92. The van der Waals surface area contributed by atoms with Crippen molar-refractivity contribution in [1.29, 1.82) is 5.41 Å². The monoisotopic (exact) mass is 293 g/mol. The lowest BCUT2D eigenvalue weighted by molar-refractivity contribution is 0.118. The van der Waals surface area contributed by atoms with Crippen LogP contribution in [-0.2, 0) is 4.74 Å². The maximum atomic E-state index is 7.92. The number of hydrogen-bond donors (Lipinski definition) is 2. The van der Waals surface area contributed by atoms with E-state index in [2.05, 4.69) is 25.8 Å². The molecule has 1 aromatic rings. The number of nitrogens with zero attached hydrogens (tertiary/aromatic N) is 1. The van der Waals surface area contributed by atoms with Crippen molar-refractivity contribution in [1.82, 2.24) is 0 Å². The van der Waals surface area contributed by atoms with Crippen molar-refractivity contribution in [2.45, 2.75) is 37.3 Å². The molecule has 4 nitrogen and oxygen atoms in total. The second-order valence-corrected chi connectivity index (χ2v) is 6.35. The van der Waals surface area contributed by atoms with E-state index in [-0.39, 0.29) is 11.9 Å². The number of rotatable bonds is 5. The minimum Gasteiger partial charge on any atom is -0.384 e. The minimum atomic E-state index is 0.134. The fraction of sp³-hybridized carbons (Fsp3) is 0.533. The molecule has 1 heterocycles. The van der Waals surface area contributed by atoms with Crippen LogP contribution in [0.3, 0.4) is 0 Å². The van der Waals surface area contributed by atoms with Crippen LogP contribution in [0.1, 0.15) is 25.8 Å². The first kappa shape index (κ1) is 15.2. The van der Waals surface area contributed by atoms with Crippen LogP contribution in [0.4, 0.5) is 5.69 Å². The Hall–Kier alpha value is -1.20. The molecule has 0 radical (unpaired) electrons. The quantitative estimate of drug-likeness (QED) is 0.498. The van der Waals surface area contributed by atoms with Gasteiger partial charge < -0.3 is 15.4 Å². The summed E-state index contributed by atoms with van der Waals surface area (Å²) < 4.78 is 5.65. The Morgan fingerprint density at radius 2 is 2.30 bits per heavy atom. The normalized spacial score (nSPS) is 21.9. The molecule has 5 heteroatoms. The number of ether oxygens (including phenoxy) is 1. The number of nitrogen functional groups attached to an aromatic ring is 1. The van der Waals surface area contributed by atoms with E-state index in [4.69, 9.17) is 15.9 Å². The van der Waals surface area contributed by atoms with Gasteiger partial charge in [-0.25, -0.2) is 0 Å². The van der Waals surface area contributed by atoms with E-state index in [1.165, 1.54) is 0 Å². The summed E-state index contributed by atoms with van der Waals surface area (Å²) in [6.45, 7) is 5.01. The maximum absolute atomic E-state index is 7.92. The number of thioether (sulfide) groups is 1. The topological polar surface area (TPSA) is 62.3 Å². The Morgan fingerprint density at radius 1 is 1.55 bits per heavy atom.